The first-order valence-electron chi connectivity index (χ1n) is 17.9. The summed E-state index contributed by atoms with van der Waals surface area (Å²) in [5.74, 6) is 0. The molecular formula is C42H40NO+. The summed E-state index contributed by atoms with van der Waals surface area (Å²) in [6, 6.07) is 30.8. The maximum Gasteiger partial charge on any atom is 0.216 e. The largest absolute Gasteiger partial charge is 0.455 e. The number of para-hydroxylation sites is 1. The maximum absolute atomic E-state index is 8.66. The van der Waals surface area contributed by atoms with Crippen molar-refractivity contribution in [3.63, 3.8) is 0 Å². The van der Waals surface area contributed by atoms with Crippen molar-refractivity contribution in [1.82, 2.24) is 0 Å². The molecule has 0 aliphatic heterocycles. The van der Waals surface area contributed by atoms with E-state index in [2.05, 4.69) is 73.7 Å². The second kappa shape index (κ2) is 9.41. The van der Waals surface area contributed by atoms with Gasteiger partial charge in [-0.05, 0) is 90.5 Å². The van der Waals surface area contributed by atoms with Crippen LogP contribution in [0.15, 0.2) is 95.5 Å². The molecule has 0 bridgehead atoms. The number of nitrogens with zero attached hydrogens (tertiary/aromatic N) is 1. The lowest BCUT2D eigenvalue weighted by Crippen LogP contribution is -2.40. The molecule has 3 aliphatic carbocycles. The number of furan rings is 1. The normalized spacial score (nSPS) is 19.3. The Bertz CT molecular complexity index is 2230. The molecule has 0 atom stereocenters. The van der Waals surface area contributed by atoms with E-state index in [4.69, 9.17) is 8.53 Å². The van der Waals surface area contributed by atoms with E-state index in [0.29, 0.717) is 5.56 Å². The van der Waals surface area contributed by atoms with Crippen molar-refractivity contribution in [2.24, 2.45) is 7.05 Å². The molecule has 2 saturated carbocycles. The van der Waals surface area contributed by atoms with Gasteiger partial charge in [0.25, 0.3) is 0 Å². The summed E-state index contributed by atoms with van der Waals surface area (Å²) in [4.78, 5) is 0. The zero-order chi connectivity index (χ0) is 32.1. The standard InChI is InChI=1S/C42H40NO/c1-27-16-18-31-30-12-4-7-15-38(30)44-40(31)39(27)37-25-32(28(2)26-43(37)3)29-17-19-35-36(24-29)42(22-10-11-23-42)34-14-6-5-13-33(34)41(35)20-8-9-21-41/h4-7,12-19,24-26H,8-11,20-23H2,1-3H3/q+1/i2D3. The predicted molar refractivity (Wildman–Crippen MR) is 180 cm³/mol. The Kier molecular flexibility index (Phi) is 4.97. The lowest BCUT2D eigenvalue weighted by Gasteiger charge is -2.47. The third-order valence-corrected chi connectivity index (χ3v) is 11.5. The molecule has 2 aromatic heterocycles. The first-order valence-corrected chi connectivity index (χ1v) is 16.4. The molecule has 2 spiro atoms. The number of fused-ring (bicyclic) bond motifs is 9. The van der Waals surface area contributed by atoms with Gasteiger partial charge in [-0.15, -0.1) is 0 Å². The maximum atomic E-state index is 8.66. The molecule has 2 heterocycles. The Morgan fingerprint density at radius 3 is 2.07 bits per heavy atom. The van der Waals surface area contributed by atoms with Crippen molar-refractivity contribution in [2.45, 2.75) is 76.0 Å². The van der Waals surface area contributed by atoms with Gasteiger partial charge >= 0.3 is 0 Å². The fourth-order valence-electron chi connectivity index (χ4n) is 9.51. The van der Waals surface area contributed by atoms with E-state index in [1.807, 2.05) is 36.0 Å². The fourth-order valence-corrected chi connectivity index (χ4v) is 9.51. The Hall–Kier alpha value is -4.17. The predicted octanol–water partition coefficient (Wildman–Crippen LogP) is 10.4. The van der Waals surface area contributed by atoms with Crippen molar-refractivity contribution < 1.29 is 13.1 Å². The number of benzene rings is 4. The van der Waals surface area contributed by atoms with E-state index in [1.165, 1.54) is 55.2 Å². The van der Waals surface area contributed by atoms with Crippen LogP contribution in [0.1, 0.15) is 88.9 Å². The highest BCUT2D eigenvalue weighted by Crippen LogP contribution is 2.61. The van der Waals surface area contributed by atoms with Crippen molar-refractivity contribution >= 4 is 21.9 Å². The highest BCUT2D eigenvalue weighted by molar-refractivity contribution is 6.09. The molecule has 0 unspecified atom stereocenters. The summed E-state index contributed by atoms with van der Waals surface area (Å²) in [6.45, 7) is -0.160. The molecule has 4 aromatic carbocycles. The van der Waals surface area contributed by atoms with Crippen molar-refractivity contribution in [2.75, 3.05) is 0 Å². The molecule has 218 valence electrons. The van der Waals surface area contributed by atoms with Crippen LogP contribution >= 0.6 is 0 Å². The van der Waals surface area contributed by atoms with E-state index >= 15 is 0 Å². The summed E-state index contributed by atoms with van der Waals surface area (Å²) in [6.07, 6.45) is 11.4. The topological polar surface area (TPSA) is 17.0 Å². The van der Waals surface area contributed by atoms with Crippen LogP contribution in [0.5, 0.6) is 0 Å². The van der Waals surface area contributed by atoms with Crippen LogP contribution in [-0.4, -0.2) is 0 Å². The molecule has 2 heteroatoms. The summed E-state index contributed by atoms with van der Waals surface area (Å²) in [5, 5.41) is 2.16. The molecule has 0 saturated heterocycles. The van der Waals surface area contributed by atoms with E-state index in [-0.39, 0.29) is 10.8 Å². The lowest BCUT2D eigenvalue weighted by molar-refractivity contribution is -0.660. The first-order chi connectivity index (χ1) is 22.7. The molecule has 44 heavy (non-hydrogen) atoms. The second-order valence-corrected chi connectivity index (χ2v) is 13.7. The third-order valence-electron chi connectivity index (χ3n) is 11.5. The number of rotatable bonds is 2. The molecule has 2 fully saturated rings. The van der Waals surface area contributed by atoms with Crippen LogP contribution in [0, 0.1) is 13.8 Å². The Labute approximate surface area is 264 Å². The van der Waals surface area contributed by atoms with Gasteiger partial charge in [0.15, 0.2) is 6.20 Å². The molecule has 6 aromatic rings. The minimum atomic E-state index is -2.27. The second-order valence-electron chi connectivity index (χ2n) is 13.7. The van der Waals surface area contributed by atoms with Crippen molar-refractivity contribution in [1.29, 1.82) is 0 Å². The van der Waals surface area contributed by atoms with E-state index < -0.39 is 6.85 Å². The zero-order valence-electron chi connectivity index (χ0n) is 28.7. The first kappa shape index (κ1) is 23.2. The fraction of sp³-hybridized carbons (Fsp3) is 0.310. The zero-order valence-corrected chi connectivity index (χ0v) is 25.7. The quantitative estimate of drug-likeness (QED) is 0.187. The average molecular weight is 578 g/mol. The van der Waals surface area contributed by atoms with Gasteiger partial charge in [0.2, 0.25) is 5.69 Å². The van der Waals surface area contributed by atoms with Gasteiger partial charge in [-0.3, -0.25) is 0 Å². The highest BCUT2D eigenvalue weighted by Gasteiger charge is 2.52. The molecule has 3 aliphatic rings. The van der Waals surface area contributed by atoms with E-state index in [9.17, 15) is 0 Å². The third kappa shape index (κ3) is 3.46. The number of aromatic nitrogens is 1. The summed E-state index contributed by atoms with van der Waals surface area (Å²) < 4.78 is 34.5. The molecular weight excluding hydrogens is 534 g/mol. The number of pyridine rings is 1. The molecule has 0 amide bonds. The smallest absolute Gasteiger partial charge is 0.216 e. The van der Waals surface area contributed by atoms with Gasteiger partial charge in [-0.2, -0.15) is 0 Å². The molecule has 0 radical (unpaired) electrons. The number of aryl methyl sites for hydroxylation is 3. The monoisotopic (exact) mass is 577 g/mol. The SMILES string of the molecule is [2H]C([2H])([2H])c1c[n+](C)c(-c2c(C)ccc3c2oc2ccccc23)cc1-c1ccc2c(c1)C1(CCCC1)c1ccccc1C21CCCC1. The minimum Gasteiger partial charge on any atom is -0.455 e. The summed E-state index contributed by atoms with van der Waals surface area (Å²) in [5.41, 5.74) is 12.9. The van der Waals surface area contributed by atoms with Crippen LogP contribution in [0.3, 0.4) is 0 Å². The van der Waals surface area contributed by atoms with Gasteiger partial charge in [0, 0.05) is 37.3 Å². The Morgan fingerprint density at radius 2 is 1.34 bits per heavy atom. The van der Waals surface area contributed by atoms with Crippen molar-refractivity contribution in [3.8, 4) is 22.4 Å². The van der Waals surface area contributed by atoms with Crippen molar-refractivity contribution in [3.05, 3.63) is 125 Å². The van der Waals surface area contributed by atoms with Crippen LogP contribution in [-0.2, 0) is 17.9 Å². The molecule has 9 rings (SSSR count). The van der Waals surface area contributed by atoms with Gasteiger partial charge in [-0.1, -0.05) is 92.4 Å². The highest BCUT2D eigenvalue weighted by atomic mass is 16.3. The summed E-state index contributed by atoms with van der Waals surface area (Å²) >= 11 is 0. The van der Waals surface area contributed by atoms with Gasteiger partial charge in [-0.25, -0.2) is 4.57 Å². The Morgan fingerprint density at radius 1 is 0.682 bits per heavy atom. The summed E-state index contributed by atoms with van der Waals surface area (Å²) in [7, 11) is 1.95. The van der Waals surface area contributed by atoms with E-state index in [1.54, 1.807) is 5.56 Å². The minimum absolute atomic E-state index is 0.0192. The molecule has 0 N–H and O–H groups in total. The lowest BCUT2D eigenvalue weighted by atomic mass is 9.56. The van der Waals surface area contributed by atoms with Gasteiger partial charge < -0.3 is 4.42 Å². The van der Waals surface area contributed by atoms with Crippen LogP contribution in [0.25, 0.3) is 44.3 Å². The van der Waals surface area contributed by atoms with Crippen LogP contribution < -0.4 is 4.57 Å². The Balaban J connectivity index is 1.31. The van der Waals surface area contributed by atoms with Gasteiger partial charge in [0.05, 0.1) is 5.56 Å². The average Bonchev–Trinajstić information content (AvgIpc) is 3.84. The number of hydrogen-bond donors (Lipinski definition) is 0. The molecule has 2 nitrogen and oxygen atoms in total. The van der Waals surface area contributed by atoms with Gasteiger partial charge in [0.1, 0.15) is 18.2 Å². The van der Waals surface area contributed by atoms with Crippen LogP contribution in [0.4, 0.5) is 0 Å². The van der Waals surface area contributed by atoms with Crippen LogP contribution in [0.2, 0.25) is 0 Å². The van der Waals surface area contributed by atoms with E-state index in [0.717, 1.165) is 62.7 Å². The number of hydrogen-bond acceptors (Lipinski definition) is 1.